The Hall–Kier alpha value is -2.31. The van der Waals surface area contributed by atoms with Crippen LogP contribution in [0.5, 0.6) is 5.75 Å². The van der Waals surface area contributed by atoms with E-state index in [4.69, 9.17) is 9.15 Å². The molecule has 14 heteroatoms. The van der Waals surface area contributed by atoms with Gasteiger partial charge in [0.2, 0.25) is 0 Å². The number of H-pyrrole nitrogens is 2. The summed E-state index contributed by atoms with van der Waals surface area (Å²) in [4.78, 5) is 38.1. The van der Waals surface area contributed by atoms with Crippen molar-refractivity contribution in [1.29, 1.82) is 0 Å². The summed E-state index contributed by atoms with van der Waals surface area (Å²) in [6, 6.07) is 3.95. The third-order valence-electron chi connectivity index (χ3n) is 3.37. The number of fused-ring (bicyclic) bond motifs is 1. The first kappa shape index (κ1) is 22.0. The van der Waals surface area contributed by atoms with E-state index in [0.717, 1.165) is 6.07 Å². The molecule has 3 N–H and O–H groups in total. The van der Waals surface area contributed by atoms with Gasteiger partial charge in [0.1, 0.15) is 5.75 Å². The number of nitro benzene ring substituents is 1. The predicted molar refractivity (Wildman–Crippen MR) is 109 cm³/mol. The van der Waals surface area contributed by atoms with E-state index in [1.54, 1.807) is 16.8 Å². The van der Waals surface area contributed by atoms with Crippen molar-refractivity contribution in [2.75, 3.05) is 6.66 Å². The van der Waals surface area contributed by atoms with Gasteiger partial charge in [0, 0.05) is 29.6 Å². The van der Waals surface area contributed by atoms with Gasteiger partial charge >= 0.3 is 18.7 Å². The molecule has 0 amide bonds. The number of hydrogen-bond donors (Lipinski definition) is 3. The lowest BCUT2D eigenvalue weighted by Crippen LogP contribution is -2.29. The maximum atomic E-state index is 12.3. The first-order chi connectivity index (χ1) is 12.7. The summed E-state index contributed by atoms with van der Waals surface area (Å²) in [5.41, 5.74) is 0.820. The van der Waals surface area contributed by atoms with Crippen LogP contribution < -0.4 is 21.1 Å². The highest BCUT2D eigenvalue weighted by atomic mass is 79.9. The molecule has 0 bridgehead atoms. The maximum Gasteiger partial charge on any atom is 0.392 e. The van der Waals surface area contributed by atoms with Crippen LogP contribution in [0, 0.1) is 10.1 Å². The first-order valence-corrected chi connectivity index (χ1v) is 10.3. The quantitative estimate of drug-likeness (QED) is 0.196. The number of thiophene rings is 1. The molecular formula is C14H14BrN4O7PS. The minimum Gasteiger partial charge on any atom is -0.423 e. The summed E-state index contributed by atoms with van der Waals surface area (Å²) in [6.07, 6.45) is 0. The SMILES string of the molecule is Br.CP(=O)(ONCc1cc([N+](=O)[O-])cc2[nH]c(=O)c(=O)[nH]c12)Oc1ccsc1. The number of aromatic nitrogens is 2. The van der Waals surface area contributed by atoms with Crippen molar-refractivity contribution in [2.24, 2.45) is 0 Å². The van der Waals surface area contributed by atoms with Crippen LogP contribution in [0.2, 0.25) is 0 Å². The highest BCUT2D eigenvalue weighted by Gasteiger charge is 2.20. The number of benzene rings is 1. The van der Waals surface area contributed by atoms with Crippen molar-refractivity contribution in [1.82, 2.24) is 15.4 Å². The fourth-order valence-corrected chi connectivity index (χ4v) is 3.72. The van der Waals surface area contributed by atoms with E-state index in [1.165, 1.54) is 24.1 Å². The Kier molecular flexibility index (Phi) is 6.91. The molecule has 1 unspecified atom stereocenters. The molecule has 150 valence electrons. The average Bonchev–Trinajstić information content (AvgIpc) is 3.08. The smallest absolute Gasteiger partial charge is 0.392 e. The van der Waals surface area contributed by atoms with Crippen molar-refractivity contribution in [3.8, 4) is 5.75 Å². The third-order valence-corrected chi connectivity index (χ3v) is 5.03. The molecule has 2 aromatic heterocycles. The van der Waals surface area contributed by atoms with Crippen LogP contribution in [0.4, 0.5) is 5.69 Å². The summed E-state index contributed by atoms with van der Waals surface area (Å²) in [6.45, 7) is 1.10. The van der Waals surface area contributed by atoms with E-state index in [1.807, 2.05) is 0 Å². The van der Waals surface area contributed by atoms with Crippen LogP contribution in [-0.4, -0.2) is 21.6 Å². The maximum absolute atomic E-state index is 12.3. The normalized spacial score (nSPS) is 12.9. The molecule has 0 saturated heterocycles. The number of halogens is 1. The number of hydroxylamine groups is 1. The van der Waals surface area contributed by atoms with E-state index < -0.39 is 23.6 Å². The van der Waals surface area contributed by atoms with Crippen LogP contribution >= 0.6 is 35.9 Å². The molecule has 3 rings (SSSR count). The molecule has 0 aliphatic rings. The van der Waals surface area contributed by atoms with Gasteiger partial charge in [0.25, 0.3) is 5.69 Å². The first-order valence-electron chi connectivity index (χ1n) is 7.39. The molecule has 0 aliphatic carbocycles. The standard InChI is InChI=1S/C14H13N4O7PS.BrH/c1-26(23,24-10-2-3-27-7-10)25-15-6-8-4-9(18(21)22)5-11-12(8)17-14(20)13(19)16-11;/h2-5,7,15H,6H2,1H3,(H,16,19)(H,17,20);1H. The number of nitrogens with one attached hydrogen (secondary N) is 3. The minimum absolute atomic E-state index is 0. The second kappa shape index (κ2) is 8.80. The van der Waals surface area contributed by atoms with Crippen LogP contribution in [0.3, 0.4) is 0 Å². The molecule has 11 nitrogen and oxygen atoms in total. The summed E-state index contributed by atoms with van der Waals surface area (Å²) in [7, 11) is -3.49. The highest BCUT2D eigenvalue weighted by Crippen LogP contribution is 2.43. The zero-order valence-electron chi connectivity index (χ0n) is 14.2. The molecule has 3 aromatic rings. The number of rotatable bonds is 7. The largest absolute Gasteiger partial charge is 0.423 e. The van der Waals surface area contributed by atoms with Gasteiger partial charge in [0.05, 0.1) is 22.6 Å². The van der Waals surface area contributed by atoms with Crippen LogP contribution in [0.1, 0.15) is 5.56 Å². The van der Waals surface area contributed by atoms with Gasteiger partial charge in [0.15, 0.2) is 0 Å². The third kappa shape index (κ3) is 5.14. The lowest BCUT2D eigenvalue weighted by Gasteiger charge is -2.15. The second-order valence-corrected chi connectivity index (χ2v) is 8.11. The number of nitrogens with zero attached hydrogens (tertiary/aromatic N) is 1. The van der Waals surface area contributed by atoms with Crippen molar-refractivity contribution in [3.05, 3.63) is 65.3 Å². The fraction of sp³-hybridized carbons (Fsp3) is 0.143. The Labute approximate surface area is 171 Å². The van der Waals surface area contributed by atoms with E-state index >= 15 is 0 Å². The Morgan fingerprint density at radius 3 is 2.64 bits per heavy atom. The van der Waals surface area contributed by atoms with Gasteiger partial charge < -0.3 is 14.5 Å². The minimum atomic E-state index is -3.49. The summed E-state index contributed by atoms with van der Waals surface area (Å²) in [5.74, 6) is 0.385. The van der Waals surface area contributed by atoms with E-state index in [0.29, 0.717) is 5.75 Å². The Balaban J connectivity index is 0.00000280. The monoisotopic (exact) mass is 492 g/mol. The van der Waals surface area contributed by atoms with Crippen LogP contribution in [-0.2, 0) is 15.7 Å². The molecule has 0 spiro atoms. The van der Waals surface area contributed by atoms with Gasteiger partial charge in [-0.15, -0.1) is 28.3 Å². The molecule has 1 aromatic carbocycles. The summed E-state index contributed by atoms with van der Waals surface area (Å²) in [5, 5.41) is 14.5. The number of nitro groups is 1. The molecular weight excluding hydrogens is 479 g/mol. The fourth-order valence-electron chi connectivity index (χ4n) is 2.27. The van der Waals surface area contributed by atoms with Gasteiger partial charge in [-0.1, -0.05) is 0 Å². The zero-order chi connectivity index (χ0) is 19.6. The highest BCUT2D eigenvalue weighted by molar-refractivity contribution is 8.93. The van der Waals surface area contributed by atoms with Crippen molar-refractivity contribution >= 4 is 52.6 Å². The van der Waals surface area contributed by atoms with Crippen molar-refractivity contribution in [2.45, 2.75) is 6.54 Å². The van der Waals surface area contributed by atoms with Gasteiger partial charge in [-0.3, -0.25) is 19.7 Å². The topological polar surface area (TPSA) is 156 Å². The molecule has 0 fully saturated rings. The predicted octanol–water partition coefficient (Wildman–Crippen LogP) is 2.69. The van der Waals surface area contributed by atoms with Gasteiger partial charge in [-0.25, -0.2) is 9.19 Å². The summed E-state index contributed by atoms with van der Waals surface area (Å²) < 4.78 is 22.6. The number of non-ortho nitro benzene ring substituents is 1. The summed E-state index contributed by atoms with van der Waals surface area (Å²) >= 11 is 1.36. The van der Waals surface area contributed by atoms with Gasteiger partial charge in [-0.2, -0.15) is 5.48 Å². The van der Waals surface area contributed by atoms with E-state index in [2.05, 4.69) is 15.4 Å². The van der Waals surface area contributed by atoms with E-state index in [-0.39, 0.29) is 45.8 Å². The molecule has 28 heavy (non-hydrogen) atoms. The van der Waals surface area contributed by atoms with E-state index in [9.17, 15) is 24.3 Å². The second-order valence-electron chi connectivity index (χ2n) is 5.43. The lowest BCUT2D eigenvalue weighted by molar-refractivity contribution is -0.384. The number of aromatic amines is 2. The lowest BCUT2D eigenvalue weighted by atomic mass is 10.1. The average molecular weight is 493 g/mol. The van der Waals surface area contributed by atoms with Crippen molar-refractivity contribution in [3.63, 3.8) is 0 Å². The Morgan fingerprint density at radius 1 is 1.29 bits per heavy atom. The van der Waals surface area contributed by atoms with Crippen molar-refractivity contribution < 1.29 is 18.6 Å². The number of hydrogen-bond acceptors (Lipinski definition) is 9. The Morgan fingerprint density at radius 2 is 2.00 bits per heavy atom. The van der Waals surface area contributed by atoms with Crippen LogP contribution in [0.25, 0.3) is 11.0 Å². The van der Waals surface area contributed by atoms with Gasteiger partial charge in [-0.05, 0) is 11.4 Å². The molecule has 0 radical (unpaired) electrons. The molecule has 1 atom stereocenters. The Bertz CT molecular complexity index is 1160. The van der Waals surface area contributed by atoms with Crippen LogP contribution in [0.15, 0.2) is 38.5 Å². The molecule has 0 aliphatic heterocycles. The zero-order valence-corrected chi connectivity index (χ0v) is 17.6. The molecule has 0 saturated carbocycles. The molecule has 2 heterocycles.